The molecule has 0 aromatic heterocycles. The van der Waals surface area contributed by atoms with Crippen LogP contribution >= 0.6 is 15.9 Å². The summed E-state index contributed by atoms with van der Waals surface area (Å²) in [5.41, 5.74) is 1.11. The van der Waals surface area contributed by atoms with E-state index in [1.54, 1.807) is 12.1 Å². The zero-order valence-corrected chi connectivity index (χ0v) is 13.8. The summed E-state index contributed by atoms with van der Waals surface area (Å²) in [7, 11) is -2.44. The molecule has 0 bridgehead atoms. The highest BCUT2D eigenvalue weighted by molar-refractivity contribution is 9.10. The second-order valence-electron chi connectivity index (χ2n) is 4.38. The second-order valence-corrected chi connectivity index (χ2v) is 6.92. The zero-order chi connectivity index (χ0) is 15.6. The maximum atomic E-state index is 13.3. The van der Waals surface area contributed by atoms with Crippen LogP contribution in [0.4, 0.5) is 10.1 Å². The van der Waals surface area contributed by atoms with Crippen LogP contribution < -0.4 is 9.46 Å². The molecule has 0 aliphatic heterocycles. The first kappa shape index (κ1) is 15.8. The van der Waals surface area contributed by atoms with Gasteiger partial charge >= 0.3 is 0 Å². The van der Waals surface area contributed by atoms with Crippen molar-refractivity contribution in [2.24, 2.45) is 0 Å². The summed E-state index contributed by atoms with van der Waals surface area (Å²) in [5.74, 6) is -0.436. The van der Waals surface area contributed by atoms with Gasteiger partial charge < -0.3 is 4.74 Å². The molecule has 0 saturated carbocycles. The van der Waals surface area contributed by atoms with Gasteiger partial charge in [-0.1, -0.05) is 17.7 Å². The van der Waals surface area contributed by atoms with Crippen molar-refractivity contribution < 1.29 is 17.5 Å². The van der Waals surface area contributed by atoms with Gasteiger partial charge in [-0.3, -0.25) is 4.72 Å². The van der Waals surface area contributed by atoms with E-state index in [2.05, 4.69) is 20.7 Å². The lowest BCUT2D eigenvalue weighted by atomic mass is 10.2. The molecule has 0 saturated heterocycles. The smallest absolute Gasteiger partial charge is 0.262 e. The first-order valence-electron chi connectivity index (χ1n) is 5.96. The number of hydrogen-bond acceptors (Lipinski definition) is 3. The lowest BCUT2D eigenvalue weighted by molar-refractivity contribution is 0.413. The fraction of sp³-hybridized carbons (Fsp3) is 0.143. The number of hydrogen-bond donors (Lipinski definition) is 1. The fourth-order valence-electron chi connectivity index (χ4n) is 1.72. The Bertz CT molecular complexity index is 761. The molecule has 0 fully saturated rings. The van der Waals surface area contributed by atoms with Gasteiger partial charge in [-0.15, -0.1) is 0 Å². The Morgan fingerprint density at radius 2 is 1.81 bits per heavy atom. The summed E-state index contributed by atoms with van der Waals surface area (Å²) in [6.07, 6.45) is 0. The van der Waals surface area contributed by atoms with E-state index in [1.165, 1.54) is 19.2 Å². The Labute approximate surface area is 131 Å². The normalized spacial score (nSPS) is 11.2. The predicted octanol–water partition coefficient (Wildman–Crippen LogP) is 3.71. The number of benzene rings is 2. The van der Waals surface area contributed by atoms with Crippen molar-refractivity contribution in [3.8, 4) is 5.75 Å². The lowest BCUT2D eigenvalue weighted by Crippen LogP contribution is -2.14. The van der Waals surface area contributed by atoms with Crippen molar-refractivity contribution in [1.82, 2.24) is 0 Å². The van der Waals surface area contributed by atoms with E-state index in [4.69, 9.17) is 4.74 Å². The minimum Gasteiger partial charge on any atom is -0.494 e. The third-order valence-electron chi connectivity index (χ3n) is 2.81. The molecular weight excluding hydrogens is 361 g/mol. The van der Waals surface area contributed by atoms with E-state index in [-0.39, 0.29) is 20.8 Å². The molecule has 0 unspecified atom stereocenters. The molecule has 0 atom stereocenters. The quantitative estimate of drug-likeness (QED) is 0.888. The van der Waals surface area contributed by atoms with Gasteiger partial charge in [-0.05, 0) is 41.1 Å². The highest BCUT2D eigenvalue weighted by atomic mass is 79.9. The number of rotatable bonds is 4. The van der Waals surface area contributed by atoms with Gasteiger partial charge in [0.1, 0.15) is 17.3 Å². The minimum atomic E-state index is -3.78. The Balaban J connectivity index is 2.44. The topological polar surface area (TPSA) is 55.4 Å². The highest BCUT2D eigenvalue weighted by Gasteiger charge is 2.19. The number of anilines is 1. The van der Waals surface area contributed by atoms with Crippen LogP contribution in [0.25, 0.3) is 0 Å². The maximum Gasteiger partial charge on any atom is 0.262 e. The van der Waals surface area contributed by atoms with Crippen molar-refractivity contribution in [3.05, 3.63) is 52.3 Å². The number of nitrogens with one attached hydrogen (secondary N) is 1. The van der Waals surface area contributed by atoms with E-state index in [0.29, 0.717) is 0 Å². The molecule has 7 heteroatoms. The van der Waals surface area contributed by atoms with E-state index in [9.17, 15) is 12.8 Å². The van der Waals surface area contributed by atoms with Gasteiger partial charge in [-0.2, -0.15) is 0 Å². The Morgan fingerprint density at radius 1 is 1.19 bits per heavy atom. The molecule has 0 radical (unpaired) electrons. The van der Waals surface area contributed by atoms with Crippen LogP contribution in [0.1, 0.15) is 5.56 Å². The largest absolute Gasteiger partial charge is 0.494 e. The molecule has 0 spiro atoms. The standard InChI is InChI=1S/C14H13BrFNO3S/c1-9-3-5-11(6-4-9)21(18,19)17-14-12(15)7-10(16)8-13(14)20-2/h3-8,17H,1-2H3. The molecule has 1 N–H and O–H groups in total. The SMILES string of the molecule is COc1cc(F)cc(Br)c1NS(=O)(=O)c1ccc(C)cc1. The van der Waals surface area contributed by atoms with E-state index >= 15 is 0 Å². The van der Waals surface area contributed by atoms with Crippen LogP contribution in [0.2, 0.25) is 0 Å². The van der Waals surface area contributed by atoms with E-state index in [0.717, 1.165) is 17.7 Å². The first-order chi connectivity index (χ1) is 9.83. The molecule has 112 valence electrons. The minimum absolute atomic E-state index is 0.0950. The fourth-order valence-corrected chi connectivity index (χ4v) is 3.46. The van der Waals surface area contributed by atoms with Gasteiger partial charge in [0.15, 0.2) is 0 Å². The van der Waals surface area contributed by atoms with Gasteiger partial charge in [0.25, 0.3) is 10.0 Å². The summed E-state index contributed by atoms with van der Waals surface area (Å²) in [5, 5.41) is 0. The number of sulfonamides is 1. The van der Waals surface area contributed by atoms with Crippen LogP contribution in [0, 0.1) is 12.7 Å². The number of aryl methyl sites for hydroxylation is 1. The van der Waals surface area contributed by atoms with Crippen molar-refractivity contribution in [3.63, 3.8) is 0 Å². The Hall–Kier alpha value is -1.60. The summed E-state index contributed by atoms with van der Waals surface area (Å²) in [6, 6.07) is 8.67. The monoisotopic (exact) mass is 373 g/mol. The van der Waals surface area contributed by atoms with Crippen molar-refractivity contribution in [2.45, 2.75) is 11.8 Å². The molecule has 0 amide bonds. The number of ether oxygens (including phenoxy) is 1. The van der Waals surface area contributed by atoms with Crippen LogP contribution in [-0.2, 0) is 10.0 Å². The molecule has 2 aromatic rings. The van der Waals surface area contributed by atoms with Crippen molar-refractivity contribution in [2.75, 3.05) is 11.8 Å². The summed E-state index contributed by atoms with van der Waals surface area (Å²) in [6.45, 7) is 1.86. The van der Waals surface area contributed by atoms with Gasteiger partial charge in [0, 0.05) is 10.5 Å². The second kappa shape index (κ2) is 6.03. The molecule has 2 rings (SSSR count). The predicted molar refractivity (Wildman–Crippen MR) is 82.6 cm³/mol. The molecule has 4 nitrogen and oxygen atoms in total. The summed E-state index contributed by atoms with van der Waals surface area (Å²) >= 11 is 3.13. The molecule has 2 aromatic carbocycles. The lowest BCUT2D eigenvalue weighted by Gasteiger charge is -2.14. The Kier molecular flexibility index (Phi) is 4.53. The molecule has 0 heterocycles. The average molecular weight is 374 g/mol. The molecule has 0 aliphatic carbocycles. The maximum absolute atomic E-state index is 13.3. The third kappa shape index (κ3) is 3.54. The van der Waals surface area contributed by atoms with E-state index in [1.807, 2.05) is 6.92 Å². The summed E-state index contributed by atoms with van der Waals surface area (Å²) < 4.78 is 45.7. The zero-order valence-electron chi connectivity index (χ0n) is 11.4. The Morgan fingerprint density at radius 3 is 2.38 bits per heavy atom. The number of halogens is 2. The van der Waals surface area contributed by atoms with Gasteiger partial charge in [0.05, 0.1) is 12.0 Å². The van der Waals surface area contributed by atoms with Crippen LogP contribution in [-0.4, -0.2) is 15.5 Å². The first-order valence-corrected chi connectivity index (χ1v) is 8.23. The summed E-state index contributed by atoms with van der Waals surface area (Å²) in [4.78, 5) is 0.117. The van der Waals surface area contributed by atoms with E-state index < -0.39 is 15.8 Å². The highest BCUT2D eigenvalue weighted by Crippen LogP contribution is 2.35. The van der Waals surface area contributed by atoms with Gasteiger partial charge in [0.2, 0.25) is 0 Å². The number of methoxy groups -OCH3 is 1. The van der Waals surface area contributed by atoms with Crippen LogP contribution in [0.3, 0.4) is 0 Å². The third-order valence-corrected chi connectivity index (χ3v) is 4.80. The van der Waals surface area contributed by atoms with Gasteiger partial charge in [-0.25, -0.2) is 12.8 Å². The van der Waals surface area contributed by atoms with Crippen molar-refractivity contribution in [1.29, 1.82) is 0 Å². The van der Waals surface area contributed by atoms with Crippen LogP contribution in [0.15, 0.2) is 45.8 Å². The van der Waals surface area contributed by atoms with Crippen LogP contribution in [0.5, 0.6) is 5.75 Å². The molecule has 21 heavy (non-hydrogen) atoms. The molecular formula is C14H13BrFNO3S. The molecule has 0 aliphatic rings. The average Bonchev–Trinajstić information content (AvgIpc) is 2.42. The van der Waals surface area contributed by atoms with Crippen molar-refractivity contribution >= 4 is 31.6 Å².